The van der Waals surface area contributed by atoms with E-state index in [4.69, 9.17) is 4.74 Å². The molecule has 0 saturated carbocycles. The van der Waals surface area contributed by atoms with Gasteiger partial charge in [0, 0.05) is 11.3 Å². The maximum Gasteiger partial charge on any atom is 0.305 e. The van der Waals surface area contributed by atoms with Crippen molar-refractivity contribution < 1.29 is 34.1 Å². The Hall–Kier alpha value is -3.53. The van der Waals surface area contributed by atoms with Crippen LogP contribution >= 0.6 is 11.8 Å². The quantitative estimate of drug-likeness (QED) is 0.275. The summed E-state index contributed by atoms with van der Waals surface area (Å²) in [4.78, 5) is 50.0. The Kier molecular flexibility index (Phi) is 12.0. The van der Waals surface area contributed by atoms with E-state index in [-0.39, 0.29) is 23.8 Å². The Morgan fingerprint density at radius 2 is 1.73 bits per heavy atom. The van der Waals surface area contributed by atoms with Crippen molar-refractivity contribution in [2.24, 2.45) is 5.92 Å². The predicted molar refractivity (Wildman–Crippen MR) is 142 cm³/mol. The number of nitrogens with one attached hydrogen (secondary N) is 2. The Balaban J connectivity index is 2.04. The zero-order valence-electron chi connectivity index (χ0n) is 21.2. The number of phenols is 1. The summed E-state index contributed by atoms with van der Waals surface area (Å²) in [5, 5.41) is 24.3. The second-order valence-electron chi connectivity index (χ2n) is 8.79. The molecule has 0 saturated heterocycles. The molecule has 0 aromatic heterocycles. The Labute approximate surface area is 221 Å². The second kappa shape index (κ2) is 14.9. The van der Waals surface area contributed by atoms with Crippen molar-refractivity contribution in [3.63, 3.8) is 0 Å². The van der Waals surface area contributed by atoms with Gasteiger partial charge in [0.25, 0.3) is 0 Å². The molecule has 37 heavy (non-hydrogen) atoms. The molecule has 2 aromatic carbocycles. The van der Waals surface area contributed by atoms with Gasteiger partial charge in [-0.3, -0.25) is 19.2 Å². The molecule has 0 unspecified atom stereocenters. The molecule has 0 aliphatic carbocycles. The van der Waals surface area contributed by atoms with E-state index in [1.54, 1.807) is 26.8 Å². The number of benzene rings is 2. The zero-order valence-corrected chi connectivity index (χ0v) is 22.0. The highest BCUT2D eigenvalue weighted by atomic mass is 32.2. The first-order valence-electron chi connectivity index (χ1n) is 12.0. The third kappa shape index (κ3) is 10.2. The molecule has 0 fully saturated rings. The largest absolute Gasteiger partial charge is 0.508 e. The molecule has 0 aliphatic heterocycles. The fourth-order valence-electron chi connectivity index (χ4n) is 3.56. The van der Waals surface area contributed by atoms with Gasteiger partial charge in [-0.25, -0.2) is 0 Å². The van der Waals surface area contributed by atoms with Crippen LogP contribution in [0, 0.1) is 5.92 Å². The van der Waals surface area contributed by atoms with E-state index in [9.17, 15) is 29.4 Å². The summed E-state index contributed by atoms with van der Waals surface area (Å²) in [5.74, 6) is -2.07. The first kappa shape index (κ1) is 29.7. The number of ketones is 1. The van der Waals surface area contributed by atoms with Gasteiger partial charge in [-0.05, 0) is 36.6 Å². The molecule has 2 atom stereocenters. The number of hydrogen-bond donors (Lipinski definition) is 4. The standard InChI is InChI=1S/C27H34N2O7S/c1-4-36-23-11-10-20(30)12-19(23)13-24(32)29-26(17(2)3)27(35)28-21(14-25(33)34)22(31)16-37-15-18-8-6-5-7-9-18/h5-12,17,21,26,30H,4,13-16H2,1-3H3,(H,28,35)(H,29,32)(H,33,34)/t21-,26-/m0/s1. The number of ether oxygens (including phenoxy) is 1. The van der Waals surface area contributed by atoms with Crippen molar-refractivity contribution in [1.82, 2.24) is 10.6 Å². The molecule has 0 bridgehead atoms. The number of phenolic OH excluding ortho intramolecular Hbond substituents is 1. The number of hydrogen-bond acceptors (Lipinski definition) is 7. The molecular weight excluding hydrogens is 496 g/mol. The van der Waals surface area contributed by atoms with Crippen LogP contribution in [0.25, 0.3) is 0 Å². The zero-order chi connectivity index (χ0) is 27.4. The van der Waals surface area contributed by atoms with E-state index in [1.165, 1.54) is 23.9 Å². The Morgan fingerprint density at radius 1 is 1.03 bits per heavy atom. The van der Waals surface area contributed by atoms with Gasteiger partial charge in [-0.2, -0.15) is 0 Å². The smallest absolute Gasteiger partial charge is 0.305 e. The number of aliphatic carboxylic acids is 1. The number of carbonyl (C=O) groups excluding carboxylic acids is 3. The average Bonchev–Trinajstić information content (AvgIpc) is 2.84. The second-order valence-corrected chi connectivity index (χ2v) is 9.78. The third-order valence-electron chi connectivity index (χ3n) is 5.40. The van der Waals surface area contributed by atoms with Gasteiger partial charge < -0.3 is 25.6 Å². The van der Waals surface area contributed by atoms with Crippen molar-refractivity contribution >= 4 is 35.3 Å². The summed E-state index contributed by atoms with van der Waals surface area (Å²) >= 11 is 1.33. The number of aromatic hydroxyl groups is 1. The van der Waals surface area contributed by atoms with Crippen molar-refractivity contribution in [1.29, 1.82) is 0 Å². The van der Waals surface area contributed by atoms with Gasteiger partial charge in [0.1, 0.15) is 17.5 Å². The summed E-state index contributed by atoms with van der Waals surface area (Å²) in [7, 11) is 0. The number of Topliss-reactive ketones (excluding diaryl/α,β-unsaturated/α-hetero) is 1. The molecule has 10 heteroatoms. The summed E-state index contributed by atoms with van der Waals surface area (Å²) in [5.41, 5.74) is 1.48. The van der Waals surface area contributed by atoms with Crippen LogP contribution in [0.2, 0.25) is 0 Å². The van der Waals surface area contributed by atoms with Gasteiger partial charge in [0.05, 0.1) is 31.2 Å². The van der Waals surface area contributed by atoms with E-state index < -0.39 is 42.1 Å². The first-order valence-corrected chi connectivity index (χ1v) is 13.2. The summed E-state index contributed by atoms with van der Waals surface area (Å²) < 4.78 is 5.50. The molecule has 0 aliphatic rings. The molecule has 200 valence electrons. The highest BCUT2D eigenvalue weighted by Gasteiger charge is 2.30. The van der Waals surface area contributed by atoms with Gasteiger partial charge in [-0.15, -0.1) is 11.8 Å². The molecule has 0 radical (unpaired) electrons. The topological polar surface area (TPSA) is 142 Å². The summed E-state index contributed by atoms with van der Waals surface area (Å²) in [6, 6.07) is 11.8. The lowest BCUT2D eigenvalue weighted by Gasteiger charge is -2.25. The Morgan fingerprint density at radius 3 is 2.35 bits per heavy atom. The molecule has 4 N–H and O–H groups in total. The molecule has 0 spiro atoms. The van der Waals surface area contributed by atoms with E-state index in [1.807, 2.05) is 30.3 Å². The third-order valence-corrected chi connectivity index (χ3v) is 6.43. The van der Waals surface area contributed by atoms with Crippen LogP contribution in [0.3, 0.4) is 0 Å². The minimum absolute atomic E-state index is 0.0236. The number of carbonyl (C=O) groups is 4. The van der Waals surface area contributed by atoms with Crippen molar-refractivity contribution in [2.75, 3.05) is 12.4 Å². The molecule has 0 heterocycles. The summed E-state index contributed by atoms with van der Waals surface area (Å²) in [6.07, 6.45) is -0.704. The van der Waals surface area contributed by atoms with Crippen LogP contribution in [-0.4, -0.2) is 58.2 Å². The molecule has 2 aromatic rings. The van der Waals surface area contributed by atoms with E-state index in [2.05, 4.69) is 10.6 Å². The number of carboxylic acid groups (broad SMARTS) is 1. The number of rotatable bonds is 15. The van der Waals surface area contributed by atoms with Crippen molar-refractivity contribution in [3.05, 3.63) is 59.7 Å². The van der Waals surface area contributed by atoms with Gasteiger partial charge in [0.2, 0.25) is 11.8 Å². The lowest BCUT2D eigenvalue weighted by molar-refractivity contribution is -0.140. The minimum Gasteiger partial charge on any atom is -0.508 e. The highest BCUT2D eigenvalue weighted by molar-refractivity contribution is 7.99. The fourth-order valence-corrected chi connectivity index (χ4v) is 4.49. The predicted octanol–water partition coefficient (Wildman–Crippen LogP) is 2.94. The lowest BCUT2D eigenvalue weighted by Crippen LogP contribution is -2.54. The fraction of sp³-hybridized carbons (Fsp3) is 0.407. The Bertz CT molecular complexity index is 1080. The lowest BCUT2D eigenvalue weighted by atomic mass is 10.0. The average molecular weight is 531 g/mol. The molecule has 2 amide bonds. The van der Waals surface area contributed by atoms with Gasteiger partial charge in [-0.1, -0.05) is 44.2 Å². The van der Waals surface area contributed by atoms with Crippen molar-refractivity contribution in [2.45, 2.75) is 51.4 Å². The minimum atomic E-state index is -1.22. The van der Waals surface area contributed by atoms with Crippen molar-refractivity contribution in [3.8, 4) is 11.5 Å². The maximum atomic E-state index is 13.0. The highest BCUT2D eigenvalue weighted by Crippen LogP contribution is 2.24. The molecule has 9 nitrogen and oxygen atoms in total. The van der Waals surface area contributed by atoms with Crippen LogP contribution in [0.1, 0.15) is 38.3 Å². The normalized spacial score (nSPS) is 12.4. The number of amides is 2. The van der Waals surface area contributed by atoms with E-state index in [0.29, 0.717) is 23.7 Å². The number of thioether (sulfide) groups is 1. The van der Waals surface area contributed by atoms with Crippen LogP contribution in [0.15, 0.2) is 48.5 Å². The monoisotopic (exact) mass is 530 g/mol. The van der Waals surface area contributed by atoms with Crippen LogP contribution in [0.5, 0.6) is 11.5 Å². The van der Waals surface area contributed by atoms with Crippen LogP contribution in [-0.2, 0) is 31.4 Å². The van der Waals surface area contributed by atoms with E-state index >= 15 is 0 Å². The summed E-state index contributed by atoms with van der Waals surface area (Å²) in [6.45, 7) is 5.63. The maximum absolute atomic E-state index is 13.0. The first-order chi connectivity index (χ1) is 17.6. The van der Waals surface area contributed by atoms with Gasteiger partial charge >= 0.3 is 5.97 Å². The van der Waals surface area contributed by atoms with E-state index in [0.717, 1.165) is 5.56 Å². The molecule has 2 rings (SSSR count). The van der Waals surface area contributed by atoms with Gasteiger partial charge in [0.15, 0.2) is 5.78 Å². The van der Waals surface area contributed by atoms with Crippen LogP contribution in [0.4, 0.5) is 0 Å². The molecular formula is C27H34N2O7S. The number of carboxylic acids is 1. The SMILES string of the molecule is CCOc1ccc(O)cc1CC(=O)N[C@H](C(=O)N[C@@H](CC(=O)O)C(=O)CSCc1ccccc1)C(C)C. The van der Waals surface area contributed by atoms with Crippen LogP contribution < -0.4 is 15.4 Å².